The van der Waals surface area contributed by atoms with E-state index in [1.54, 1.807) is 27.7 Å². The Morgan fingerprint density at radius 3 is 2.81 bits per heavy atom. The van der Waals surface area contributed by atoms with Crippen molar-refractivity contribution >= 4 is 17.0 Å². The molecule has 2 atom stereocenters. The van der Waals surface area contributed by atoms with Crippen molar-refractivity contribution in [2.24, 2.45) is 0 Å². The number of pyridine rings is 1. The second-order valence-electron chi connectivity index (χ2n) is 6.50. The molecule has 3 heterocycles. The largest absolute Gasteiger partial charge is 0.361 e. The van der Waals surface area contributed by atoms with Crippen molar-refractivity contribution in [3.63, 3.8) is 0 Å². The highest BCUT2D eigenvalue weighted by atomic mass is 19.1. The van der Waals surface area contributed by atoms with E-state index in [4.69, 9.17) is 0 Å². The fraction of sp³-hybridized carbons (Fsp3) is 0.263. The van der Waals surface area contributed by atoms with Crippen LogP contribution in [0.25, 0.3) is 5.52 Å². The van der Waals surface area contributed by atoms with Crippen molar-refractivity contribution in [1.82, 2.24) is 9.61 Å². The molecular formula is C19H16F3N3O. The van der Waals surface area contributed by atoms with Crippen molar-refractivity contribution in [3.05, 3.63) is 65.5 Å². The second-order valence-corrected chi connectivity index (χ2v) is 6.50. The summed E-state index contributed by atoms with van der Waals surface area (Å²) >= 11 is 0. The van der Waals surface area contributed by atoms with Gasteiger partial charge in [-0.3, -0.25) is 4.79 Å². The van der Waals surface area contributed by atoms with Crippen LogP contribution in [0.5, 0.6) is 0 Å². The molecule has 1 aliphatic heterocycles. The summed E-state index contributed by atoms with van der Waals surface area (Å²) in [6.07, 6.45) is 2.06. The molecule has 0 bridgehead atoms. The lowest BCUT2D eigenvalue weighted by molar-refractivity contribution is 0.101. The van der Waals surface area contributed by atoms with E-state index in [1.165, 1.54) is 13.1 Å². The molecule has 0 N–H and O–H groups in total. The van der Waals surface area contributed by atoms with Gasteiger partial charge in [-0.05, 0) is 37.3 Å². The van der Waals surface area contributed by atoms with E-state index < -0.39 is 23.8 Å². The minimum Gasteiger partial charge on any atom is -0.361 e. The first-order chi connectivity index (χ1) is 12.4. The van der Waals surface area contributed by atoms with Crippen molar-refractivity contribution in [3.8, 4) is 0 Å². The van der Waals surface area contributed by atoms with Crippen LogP contribution in [0.2, 0.25) is 0 Å². The van der Waals surface area contributed by atoms with Gasteiger partial charge in [0, 0.05) is 30.4 Å². The molecule has 7 heteroatoms. The molecule has 0 amide bonds. The molecule has 0 radical (unpaired) electrons. The van der Waals surface area contributed by atoms with E-state index in [0.29, 0.717) is 16.8 Å². The normalized spacial score (nSPS) is 20.1. The SMILES string of the molecule is CC(=O)c1cnn2ccc(N3C[C@H](F)C[C@@H]3c3cc(F)ccc3F)cc12. The number of hydrogen-bond acceptors (Lipinski definition) is 3. The van der Waals surface area contributed by atoms with Crippen molar-refractivity contribution in [2.75, 3.05) is 11.4 Å². The average Bonchev–Trinajstić information content (AvgIpc) is 3.19. The molecule has 0 saturated carbocycles. The van der Waals surface area contributed by atoms with Crippen LogP contribution in [0.3, 0.4) is 0 Å². The van der Waals surface area contributed by atoms with Crippen LogP contribution in [0.1, 0.15) is 35.3 Å². The highest BCUT2D eigenvalue weighted by Crippen LogP contribution is 2.39. The third-order valence-corrected chi connectivity index (χ3v) is 4.78. The van der Waals surface area contributed by atoms with E-state index in [0.717, 1.165) is 18.2 Å². The molecule has 1 fully saturated rings. The van der Waals surface area contributed by atoms with Crippen LogP contribution < -0.4 is 4.90 Å². The first-order valence-corrected chi connectivity index (χ1v) is 8.28. The average molecular weight is 359 g/mol. The van der Waals surface area contributed by atoms with E-state index in [-0.39, 0.29) is 24.3 Å². The van der Waals surface area contributed by atoms with Crippen LogP contribution in [-0.2, 0) is 0 Å². The number of rotatable bonds is 3. The van der Waals surface area contributed by atoms with Gasteiger partial charge < -0.3 is 4.90 Å². The molecule has 0 spiro atoms. The number of aromatic nitrogens is 2. The minimum absolute atomic E-state index is 0.0698. The smallest absolute Gasteiger partial charge is 0.163 e. The third-order valence-electron chi connectivity index (χ3n) is 4.78. The van der Waals surface area contributed by atoms with E-state index in [1.807, 2.05) is 0 Å². The van der Waals surface area contributed by atoms with Crippen molar-refractivity contribution in [1.29, 1.82) is 0 Å². The van der Waals surface area contributed by atoms with Gasteiger partial charge in [-0.1, -0.05) is 0 Å². The summed E-state index contributed by atoms with van der Waals surface area (Å²) in [5.74, 6) is -1.26. The first kappa shape index (κ1) is 16.6. The van der Waals surface area contributed by atoms with E-state index in [2.05, 4.69) is 5.10 Å². The van der Waals surface area contributed by atoms with Gasteiger partial charge in [0.15, 0.2) is 5.78 Å². The Morgan fingerprint density at radius 1 is 1.23 bits per heavy atom. The number of ketones is 1. The number of carbonyl (C=O) groups is 1. The highest BCUT2D eigenvalue weighted by molar-refractivity contribution is 6.00. The molecule has 3 aromatic rings. The maximum Gasteiger partial charge on any atom is 0.163 e. The van der Waals surface area contributed by atoms with E-state index in [9.17, 15) is 18.0 Å². The predicted octanol–water partition coefficient (Wildman–Crippen LogP) is 4.10. The molecule has 4 nitrogen and oxygen atoms in total. The molecule has 1 aliphatic rings. The molecule has 134 valence electrons. The zero-order valence-corrected chi connectivity index (χ0v) is 14.0. The third kappa shape index (κ3) is 2.73. The number of anilines is 1. The van der Waals surface area contributed by atoms with Crippen LogP contribution in [-0.4, -0.2) is 28.1 Å². The first-order valence-electron chi connectivity index (χ1n) is 8.28. The Kier molecular flexibility index (Phi) is 3.94. The van der Waals surface area contributed by atoms with Crippen molar-refractivity contribution < 1.29 is 18.0 Å². The van der Waals surface area contributed by atoms with Gasteiger partial charge >= 0.3 is 0 Å². The lowest BCUT2D eigenvalue weighted by Crippen LogP contribution is -2.24. The number of Topliss-reactive ketones (excluding diaryl/α,β-unsaturated/α-hetero) is 1. The number of fused-ring (bicyclic) bond motifs is 1. The Balaban J connectivity index is 1.80. The lowest BCUT2D eigenvalue weighted by Gasteiger charge is -2.27. The lowest BCUT2D eigenvalue weighted by atomic mass is 10.0. The molecule has 1 aromatic carbocycles. The second kappa shape index (κ2) is 6.16. The number of halogens is 3. The zero-order chi connectivity index (χ0) is 18.4. The molecule has 0 aliphatic carbocycles. The molecule has 2 aromatic heterocycles. The summed E-state index contributed by atoms with van der Waals surface area (Å²) in [7, 11) is 0. The quantitative estimate of drug-likeness (QED) is 0.661. The number of alkyl halides is 1. The van der Waals surface area contributed by atoms with Gasteiger partial charge in [-0.25, -0.2) is 17.7 Å². The van der Waals surface area contributed by atoms with Gasteiger partial charge in [0.2, 0.25) is 0 Å². The highest BCUT2D eigenvalue weighted by Gasteiger charge is 2.35. The molecule has 0 unspecified atom stereocenters. The van der Waals surface area contributed by atoms with Crippen LogP contribution >= 0.6 is 0 Å². The van der Waals surface area contributed by atoms with E-state index >= 15 is 0 Å². The monoisotopic (exact) mass is 359 g/mol. The Bertz CT molecular complexity index is 1000. The summed E-state index contributed by atoms with van der Waals surface area (Å²) in [4.78, 5) is 13.5. The standard InChI is InChI=1S/C19H16F3N3O/c1-11(26)16-9-23-25-5-4-14(8-19(16)25)24-10-13(21)7-18(24)15-6-12(20)2-3-17(15)22/h2-6,8-9,13,18H,7,10H2,1H3/t13-,18-/m1/s1. The number of nitrogens with zero attached hydrogens (tertiary/aromatic N) is 3. The summed E-state index contributed by atoms with van der Waals surface area (Å²) in [5, 5.41) is 4.12. The van der Waals surface area contributed by atoms with Crippen LogP contribution in [0.4, 0.5) is 18.9 Å². The fourth-order valence-corrected chi connectivity index (χ4v) is 3.55. The Hall–Kier alpha value is -2.83. The number of carbonyl (C=O) groups excluding carboxylic acids is 1. The van der Waals surface area contributed by atoms with Crippen LogP contribution in [0, 0.1) is 11.6 Å². The van der Waals surface area contributed by atoms with Gasteiger partial charge in [0.1, 0.15) is 17.8 Å². The van der Waals surface area contributed by atoms with Gasteiger partial charge in [-0.15, -0.1) is 0 Å². The van der Waals surface area contributed by atoms with Crippen molar-refractivity contribution in [2.45, 2.75) is 25.6 Å². The number of benzene rings is 1. The fourth-order valence-electron chi connectivity index (χ4n) is 3.55. The number of hydrogen-bond donors (Lipinski definition) is 0. The molecule has 4 rings (SSSR count). The van der Waals surface area contributed by atoms with Crippen LogP contribution in [0.15, 0.2) is 42.7 Å². The van der Waals surface area contributed by atoms with Gasteiger partial charge in [0.25, 0.3) is 0 Å². The summed E-state index contributed by atoms with van der Waals surface area (Å²) in [5.41, 5.74) is 1.81. The maximum absolute atomic E-state index is 14.2. The molecule has 26 heavy (non-hydrogen) atoms. The molecular weight excluding hydrogens is 343 g/mol. The minimum atomic E-state index is -1.16. The zero-order valence-electron chi connectivity index (χ0n) is 14.0. The van der Waals surface area contributed by atoms with Gasteiger partial charge in [-0.2, -0.15) is 5.10 Å². The maximum atomic E-state index is 14.2. The Labute approximate surface area is 147 Å². The summed E-state index contributed by atoms with van der Waals surface area (Å²) < 4.78 is 43.6. The molecule has 1 saturated heterocycles. The topological polar surface area (TPSA) is 37.6 Å². The van der Waals surface area contributed by atoms with Gasteiger partial charge in [0.05, 0.1) is 23.3 Å². The Morgan fingerprint density at radius 2 is 2.04 bits per heavy atom. The predicted molar refractivity (Wildman–Crippen MR) is 91.2 cm³/mol. The summed E-state index contributed by atoms with van der Waals surface area (Å²) in [6, 6.07) is 6.05. The summed E-state index contributed by atoms with van der Waals surface area (Å²) in [6.45, 7) is 1.52.